The van der Waals surface area contributed by atoms with Crippen molar-refractivity contribution in [3.63, 3.8) is 0 Å². The standard InChI is InChI=1S/C13H12BrCl2NO/c1-8(18)17-4-2-9(3-5-17)10-6-11(15)13(14)12(16)7-10/h2,6-7H,3-5H2,1H3. The highest BCUT2D eigenvalue weighted by molar-refractivity contribution is 9.10. The van der Waals surface area contributed by atoms with Gasteiger partial charge in [0.2, 0.25) is 5.91 Å². The zero-order valence-corrected chi connectivity index (χ0v) is 12.9. The van der Waals surface area contributed by atoms with Crippen molar-refractivity contribution < 1.29 is 4.79 Å². The summed E-state index contributed by atoms with van der Waals surface area (Å²) in [6.45, 7) is 2.98. The summed E-state index contributed by atoms with van der Waals surface area (Å²) in [5.74, 6) is 0.108. The molecule has 2 rings (SSSR count). The van der Waals surface area contributed by atoms with Crippen LogP contribution in [0.15, 0.2) is 22.7 Å². The largest absolute Gasteiger partial charge is 0.339 e. The lowest BCUT2D eigenvalue weighted by molar-refractivity contribution is -0.128. The Kier molecular flexibility index (Phi) is 4.36. The summed E-state index contributed by atoms with van der Waals surface area (Å²) in [6, 6.07) is 3.79. The smallest absolute Gasteiger partial charge is 0.219 e. The van der Waals surface area contributed by atoms with Crippen LogP contribution in [-0.2, 0) is 4.79 Å². The Morgan fingerprint density at radius 1 is 1.33 bits per heavy atom. The van der Waals surface area contributed by atoms with Crippen LogP contribution in [0.3, 0.4) is 0 Å². The van der Waals surface area contributed by atoms with Crippen molar-refractivity contribution in [3.05, 3.63) is 38.3 Å². The van der Waals surface area contributed by atoms with Gasteiger partial charge in [0.15, 0.2) is 0 Å². The van der Waals surface area contributed by atoms with Crippen LogP contribution in [0, 0.1) is 0 Å². The number of amides is 1. The Bertz CT molecular complexity index is 505. The second kappa shape index (κ2) is 5.64. The maximum atomic E-state index is 11.2. The first-order chi connectivity index (χ1) is 8.49. The molecular formula is C13H12BrCl2NO. The number of carbonyl (C=O) groups excluding carboxylic acids is 1. The Morgan fingerprint density at radius 2 is 1.94 bits per heavy atom. The monoisotopic (exact) mass is 347 g/mol. The highest BCUT2D eigenvalue weighted by Gasteiger charge is 2.16. The molecule has 0 fully saturated rings. The summed E-state index contributed by atoms with van der Waals surface area (Å²) < 4.78 is 0.719. The first-order valence-corrected chi connectivity index (χ1v) is 7.13. The molecule has 0 unspecified atom stereocenters. The lowest BCUT2D eigenvalue weighted by Gasteiger charge is -2.25. The topological polar surface area (TPSA) is 20.3 Å². The van der Waals surface area contributed by atoms with Crippen LogP contribution in [-0.4, -0.2) is 23.9 Å². The normalized spacial score (nSPS) is 15.6. The maximum Gasteiger partial charge on any atom is 0.219 e. The van der Waals surface area contributed by atoms with Crippen molar-refractivity contribution >= 4 is 50.6 Å². The van der Waals surface area contributed by atoms with Gasteiger partial charge in [-0.25, -0.2) is 0 Å². The van der Waals surface area contributed by atoms with Crippen LogP contribution in [0.5, 0.6) is 0 Å². The average molecular weight is 349 g/mol. The van der Waals surface area contributed by atoms with Crippen LogP contribution < -0.4 is 0 Å². The van der Waals surface area contributed by atoms with Crippen molar-refractivity contribution in [2.75, 3.05) is 13.1 Å². The number of hydrogen-bond donors (Lipinski definition) is 0. The summed E-state index contributed by atoms with van der Waals surface area (Å²) in [4.78, 5) is 13.1. The van der Waals surface area contributed by atoms with E-state index in [1.807, 2.05) is 17.0 Å². The molecule has 0 bridgehead atoms. The van der Waals surface area contributed by atoms with Crippen LogP contribution in [0.2, 0.25) is 10.0 Å². The Labute approximate surface area is 125 Å². The first kappa shape index (κ1) is 13.9. The third-order valence-corrected chi connectivity index (χ3v) is 4.92. The lowest BCUT2D eigenvalue weighted by Crippen LogP contribution is -2.32. The van der Waals surface area contributed by atoms with E-state index in [2.05, 4.69) is 22.0 Å². The average Bonchev–Trinajstić information content (AvgIpc) is 2.35. The third-order valence-electron chi connectivity index (χ3n) is 3.01. The molecule has 1 aliphatic rings. The number of nitrogens with zero attached hydrogens (tertiary/aromatic N) is 1. The molecule has 1 amide bonds. The Hall–Kier alpha value is -0.510. The van der Waals surface area contributed by atoms with Gasteiger partial charge in [0.1, 0.15) is 0 Å². The van der Waals surface area contributed by atoms with E-state index in [1.165, 1.54) is 5.57 Å². The summed E-state index contributed by atoms with van der Waals surface area (Å²) in [5.41, 5.74) is 2.21. The molecule has 1 aliphatic heterocycles. The molecule has 0 N–H and O–H groups in total. The van der Waals surface area contributed by atoms with Gasteiger partial charge in [-0.15, -0.1) is 0 Å². The van der Waals surface area contributed by atoms with Crippen molar-refractivity contribution in [2.24, 2.45) is 0 Å². The van der Waals surface area contributed by atoms with E-state index in [9.17, 15) is 4.79 Å². The van der Waals surface area contributed by atoms with E-state index in [-0.39, 0.29) is 5.91 Å². The molecule has 1 aromatic rings. The van der Waals surface area contributed by atoms with Crippen molar-refractivity contribution in [2.45, 2.75) is 13.3 Å². The molecule has 0 radical (unpaired) electrons. The Balaban J connectivity index is 2.26. The molecule has 96 valence electrons. The van der Waals surface area contributed by atoms with E-state index in [0.29, 0.717) is 16.6 Å². The summed E-state index contributed by atoms with van der Waals surface area (Å²) in [7, 11) is 0. The third kappa shape index (κ3) is 2.90. The highest BCUT2D eigenvalue weighted by Crippen LogP contribution is 2.35. The quantitative estimate of drug-likeness (QED) is 0.689. The van der Waals surface area contributed by atoms with Gasteiger partial charge in [-0.3, -0.25) is 4.79 Å². The second-order valence-corrected chi connectivity index (χ2v) is 5.81. The van der Waals surface area contributed by atoms with Crippen molar-refractivity contribution in [1.82, 2.24) is 4.90 Å². The minimum Gasteiger partial charge on any atom is -0.339 e. The van der Waals surface area contributed by atoms with Crippen LogP contribution in [0.4, 0.5) is 0 Å². The van der Waals surface area contributed by atoms with Gasteiger partial charge in [-0.05, 0) is 45.6 Å². The SMILES string of the molecule is CC(=O)N1CC=C(c2cc(Cl)c(Br)c(Cl)c2)CC1. The molecule has 0 spiro atoms. The maximum absolute atomic E-state index is 11.2. The molecule has 0 aliphatic carbocycles. The van der Waals surface area contributed by atoms with Gasteiger partial charge in [0, 0.05) is 20.0 Å². The molecular weight excluding hydrogens is 337 g/mol. The molecule has 0 saturated carbocycles. The number of rotatable bonds is 1. The summed E-state index contributed by atoms with van der Waals surface area (Å²) in [6.07, 6.45) is 2.88. The number of hydrogen-bond acceptors (Lipinski definition) is 1. The highest BCUT2D eigenvalue weighted by atomic mass is 79.9. The van der Waals surface area contributed by atoms with Crippen molar-refractivity contribution in [1.29, 1.82) is 0 Å². The summed E-state index contributed by atoms with van der Waals surface area (Å²) in [5, 5.41) is 1.21. The number of halogens is 3. The molecule has 2 nitrogen and oxygen atoms in total. The van der Waals surface area contributed by atoms with Gasteiger partial charge < -0.3 is 4.90 Å². The van der Waals surface area contributed by atoms with Gasteiger partial charge in [-0.2, -0.15) is 0 Å². The molecule has 0 aromatic heterocycles. The van der Waals surface area contributed by atoms with E-state index >= 15 is 0 Å². The fraction of sp³-hybridized carbons (Fsp3) is 0.308. The van der Waals surface area contributed by atoms with Crippen LogP contribution in [0.1, 0.15) is 18.9 Å². The number of carbonyl (C=O) groups is 1. The number of benzene rings is 1. The molecule has 18 heavy (non-hydrogen) atoms. The minimum atomic E-state index is 0.108. The zero-order chi connectivity index (χ0) is 13.3. The van der Waals surface area contributed by atoms with E-state index in [4.69, 9.17) is 23.2 Å². The van der Waals surface area contributed by atoms with Gasteiger partial charge in [-0.1, -0.05) is 29.3 Å². The molecule has 1 heterocycles. The molecule has 0 saturated heterocycles. The van der Waals surface area contributed by atoms with E-state index in [1.54, 1.807) is 6.92 Å². The molecule has 1 aromatic carbocycles. The van der Waals surface area contributed by atoms with Crippen LogP contribution in [0.25, 0.3) is 5.57 Å². The second-order valence-electron chi connectivity index (χ2n) is 4.20. The Morgan fingerprint density at radius 3 is 2.39 bits per heavy atom. The van der Waals surface area contributed by atoms with Gasteiger partial charge in [0.05, 0.1) is 14.5 Å². The predicted octanol–water partition coefficient (Wildman–Crippen LogP) is 4.39. The van der Waals surface area contributed by atoms with E-state index in [0.717, 1.165) is 23.0 Å². The fourth-order valence-electron chi connectivity index (χ4n) is 1.96. The van der Waals surface area contributed by atoms with Gasteiger partial charge >= 0.3 is 0 Å². The predicted molar refractivity (Wildman–Crippen MR) is 79.0 cm³/mol. The van der Waals surface area contributed by atoms with Crippen LogP contribution >= 0.6 is 39.1 Å². The van der Waals surface area contributed by atoms with Crippen molar-refractivity contribution in [3.8, 4) is 0 Å². The summed E-state index contributed by atoms with van der Waals surface area (Å²) >= 11 is 15.5. The van der Waals surface area contributed by atoms with Gasteiger partial charge in [0.25, 0.3) is 0 Å². The zero-order valence-electron chi connectivity index (χ0n) is 9.84. The lowest BCUT2D eigenvalue weighted by atomic mass is 9.99. The molecule has 5 heteroatoms. The van der Waals surface area contributed by atoms with E-state index < -0.39 is 0 Å². The fourth-order valence-corrected chi connectivity index (χ4v) is 2.67. The first-order valence-electron chi connectivity index (χ1n) is 5.58. The molecule has 0 atom stereocenters. The minimum absolute atomic E-state index is 0.108.